The highest BCUT2D eigenvalue weighted by Gasteiger charge is 2.08. The summed E-state index contributed by atoms with van der Waals surface area (Å²) < 4.78 is 0. The third-order valence-electron chi connectivity index (χ3n) is 2.75. The van der Waals surface area contributed by atoms with Gasteiger partial charge in [0, 0.05) is 9.90 Å². The minimum absolute atomic E-state index is 0.417. The molecule has 0 bridgehead atoms. The van der Waals surface area contributed by atoms with E-state index in [2.05, 4.69) is 15.4 Å². The Hall–Kier alpha value is -2.11. The Morgan fingerprint density at radius 1 is 1.05 bits per heavy atom. The lowest BCUT2D eigenvalue weighted by atomic mass is 10.2. The van der Waals surface area contributed by atoms with E-state index in [1.54, 1.807) is 11.3 Å². The van der Waals surface area contributed by atoms with Crippen LogP contribution in [0.3, 0.4) is 0 Å². The molecular formula is C14H11ClN4S. The third kappa shape index (κ3) is 2.74. The van der Waals surface area contributed by atoms with Gasteiger partial charge in [-0.15, -0.1) is 16.4 Å². The fourth-order valence-corrected chi connectivity index (χ4v) is 2.78. The van der Waals surface area contributed by atoms with Crippen LogP contribution in [-0.4, -0.2) is 15.4 Å². The lowest BCUT2D eigenvalue weighted by molar-refractivity contribution is 0.946. The standard InChI is InChI=1S/C14H11ClN4S/c15-10-4-1-9(2-5-10)3-6-11-7-8-12(20-11)13-14(16)18-19-17-13/h1-8H,(H3,16,17,18,19)/b6-3+. The zero-order valence-corrected chi connectivity index (χ0v) is 11.9. The van der Waals surface area contributed by atoms with Crippen LogP contribution in [0, 0.1) is 0 Å². The number of rotatable bonds is 3. The molecule has 4 nitrogen and oxygen atoms in total. The monoisotopic (exact) mass is 302 g/mol. The van der Waals surface area contributed by atoms with E-state index in [1.165, 1.54) is 0 Å². The minimum atomic E-state index is 0.417. The van der Waals surface area contributed by atoms with Gasteiger partial charge in [-0.2, -0.15) is 10.3 Å². The first-order valence-electron chi connectivity index (χ1n) is 5.92. The van der Waals surface area contributed by atoms with E-state index in [0.29, 0.717) is 11.5 Å². The second kappa shape index (κ2) is 5.48. The van der Waals surface area contributed by atoms with Gasteiger partial charge >= 0.3 is 0 Å². The second-order valence-corrected chi connectivity index (χ2v) is 5.70. The summed E-state index contributed by atoms with van der Waals surface area (Å²) in [5, 5.41) is 11.1. The summed E-state index contributed by atoms with van der Waals surface area (Å²) in [6, 6.07) is 11.7. The van der Waals surface area contributed by atoms with Crippen LogP contribution >= 0.6 is 22.9 Å². The smallest absolute Gasteiger partial charge is 0.174 e. The molecule has 0 aliphatic rings. The number of benzene rings is 1. The molecule has 0 aliphatic carbocycles. The van der Waals surface area contributed by atoms with E-state index >= 15 is 0 Å². The topological polar surface area (TPSA) is 67.6 Å². The van der Waals surface area contributed by atoms with Gasteiger partial charge in [0.2, 0.25) is 0 Å². The first-order chi connectivity index (χ1) is 9.72. The zero-order valence-electron chi connectivity index (χ0n) is 10.4. The Labute approximate surface area is 124 Å². The van der Waals surface area contributed by atoms with E-state index in [1.807, 2.05) is 48.6 Å². The summed E-state index contributed by atoms with van der Waals surface area (Å²) in [7, 11) is 0. The van der Waals surface area contributed by atoms with Crippen molar-refractivity contribution in [3.05, 3.63) is 51.9 Å². The number of anilines is 1. The van der Waals surface area contributed by atoms with Gasteiger partial charge in [0.15, 0.2) is 5.82 Å². The van der Waals surface area contributed by atoms with E-state index < -0.39 is 0 Å². The molecule has 0 radical (unpaired) electrons. The molecule has 3 N–H and O–H groups in total. The van der Waals surface area contributed by atoms with Crippen LogP contribution in [-0.2, 0) is 0 Å². The number of nitrogens with one attached hydrogen (secondary N) is 1. The van der Waals surface area contributed by atoms with Crippen molar-refractivity contribution in [3.63, 3.8) is 0 Å². The molecule has 100 valence electrons. The molecule has 0 aliphatic heterocycles. The SMILES string of the molecule is Nc1n[nH]nc1-c1ccc(/C=C/c2ccc(Cl)cc2)s1. The lowest BCUT2D eigenvalue weighted by Crippen LogP contribution is -1.86. The summed E-state index contributed by atoms with van der Waals surface area (Å²) in [5.74, 6) is 0.417. The molecule has 1 aromatic carbocycles. The number of nitrogens with two attached hydrogens (primary N) is 1. The van der Waals surface area contributed by atoms with Crippen LogP contribution in [0.5, 0.6) is 0 Å². The number of nitrogens with zero attached hydrogens (tertiary/aromatic N) is 2. The van der Waals surface area contributed by atoms with Gasteiger partial charge in [0.1, 0.15) is 5.69 Å². The van der Waals surface area contributed by atoms with Gasteiger partial charge in [-0.25, -0.2) is 0 Å². The zero-order chi connectivity index (χ0) is 13.9. The number of hydrogen-bond acceptors (Lipinski definition) is 4. The molecule has 0 amide bonds. The summed E-state index contributed by atoms with van der Waals surface area (Å²) >= 11 is 7.47. The van der Waals surface area contributed by atoms with Gasteiger partial charge in [-0.05, 0) is 35.9 Å². The average Bonchev–Trinajstić information content (AvgIpc) is 3.06. The van der Waals surface area contributed by atoms with Crippen molar-refractivity contribution in [1.29, 1.82) is 0 Å². The second-order valence-electron chi connectivity index (χ2n) is 4.14. The molecular weight excluding hydrogens is 292 g/mol. The van der Waals surface area contributed by atoms with Gasteiger partial charge in [0.25, 0.3) is 0 Å². The Balaban J connectivity index is 1.81. The molecule has 3 aromatic rings. The van der Waals surface area contributed by atoms with Crippen LogP contribution in [0.4, 0.5) is 5.82 Å². The van der Waals surface area contributed by atoms with E-state index in [9.17, 15) is 0 Å². The Morgan fingerprint density at radius 2 is 1.85 bits per heavy atom. The molecule has 6 heteroatoms. The van der Waals surface area contributed by atoms with Gasteiger partial charge in [0.05, 0.1) is 4.88 Å². The van der Waals surface area contributed by atoms with Crippen molar-refractivity contribution in [3.8, 4) is 10.6 Å². The van der Waals surface area contributed by atoms with Crippen molar-refractivity contribution in [1.82, 2.24) is 15.4 Å². The lowest BCUT2D eigenvalue weighted by Gasteiger charge is -1.93. The summed E-state index contributed by atoms with van der Waals surface area (Å²) in [6.45, 7) is 0. The minimum Gasteiger partial charge on any atom is -0.380 e. The van der Waals surface area contributed by atoms with Crippen LogP contribution in [0.15, 0.2) is 36.4 Å². The molecule has 0 unspecified atom stereocenters. The highest BCUT2D eigenvalue weighted by Crippen LogP contribution is 2.30. The maximum atomic E-state index is 5.85. The van der Waals surface area contributed by atoms with E-state index in [0.717, 1.165) is 20.3 Å². The number of H-pyrrole nitrogens is 1. The molecule has 0 saturated heterocycles. The third-order valence-corrected chi connectivity index (χ3v) is 4.05. The average molecular weight is 303 g/mol. The Bertz CT molecular complexity index is 743. The van der Waals surface area contributed by atoms with Crippen LogP contribution in [0.1, 0.15) is 10.4 Å². The fourth-order valence-electron chi connectivity index (χ4n) is 1.74. The molecule has 3 rings (SSSR count). The molecule has 0 saturated carbocycles. The van der Waals surface area contributed by atoms with Gasteiger partial charge in [-0.3, -0.25) is 0 Å². The number of halogens is 1. The van der Waals surface area contributed by atoms with Crippen molar-refractivity contribution >= 4 is 40.9 Å². The van der Waals surface area contributed by atoms with Crippen molar-refractivity contribution in [2.45, 2.75) is 0 Å². The highest BCUT2D eigenvalue weighted by atomic mass is 35.5. The van der Waals surface area contributed by atoms with Crippen molar-refractivity contribution in [2.75, 3.05) is 5.73 Å². The first-order valence-corrected chi connectivity index (χ1v) is 7.12. The predicted molar refractivity (Wildman–Crippen MR) is 84.5 cm³/mol. The van der Waals surface area contributed by atoms with Crippen molar-refractivity contribution < 1.29 is 0 Å². The van der Waals surface area contributed by atoms with Crippen molar-refractivity contribution in [2.24, 2.45) is 0 Å². The van der Waals surface area contributed by atoms with Crippen LogP contribution < -0.4 is 5.73 Å². The Morgan fingerprint density at radius 3 is 2.55 bits per heavy atom. The maximum absolute atomic E-state index is 5.85. The largest absolute Gasteiger partial charge is 0.380 e. The number of thiophene rings is 1. The number of aromatic nitrogens is 3. The first kappa shape index (κ1) is 12.9. The summed E-state index contributed by atoms with van der Waals surface area (Å²) in [5.41, 5.74) is 7.53. The predicted octanol–water partition coefficient (Wildman–Crippen LogP) is 3.94. The summed E-state index contributed by atoms with van der Waals surface area (Å²) in [6.07, 6.45) is 4.09. The van der Waals surface area contributed by atoms with Gasteiger partial charge < -0.3 is 5.73 Å². The van der Waals surface area contributed by atoms with E-state index in [-0.39, 0.29) is 0 Å². The molecule has 0 fully saturated rings. The molecule has 2 heterocycles. The molecule has 0 atom stereocenters. The van der Waals surface area contributed by atoms with E-state index in [4.69, 9.17) is 17.3 Å². The molecule has 2 aromatic heterocycles. The number of hydrogen-bond donors (Lipinski definition) is 2. The summed E-state index contributed by atoms with van der Waals surface area (Å²) in [4.78, 5) is 2.12. The Kier molecular flexibility index (Phi) is 3.54. The van der Waals surface area contributed by atoms with Gasteiger partial charge in [-0.1, -0.05) is 29.8 Å². The number of aromatic amines is 1. The molecule has 0 spiro atoms. The maximum Gasteiger partial charge on any atom is 0.174 e. The molecule has 20 heavy (non-hydrogen) atoms. The highest BCUT2D eigenvalue weighted by molar-refractivity contribution is 7.16. The van der Waals surface area contributed by atoms with Crippen LogP contribution in [0.25, 0.3) is 22.7 Å². The fraction of sp³-hybridized carbons (Fsp3) is 0. The van der Waals surface area contributed by atoms with Crippen LogP contribution in [0.2, 0.25) is 5.02 Å². The normalized spacial score (nSPS) is 11.2. The quantitative estimate of drug-likeness (QED) is 0.770. The number of nitrogen functional groups attached to an aromatic ring is 1.